The molecule has 0 N–H and O–H groups in total. The van der Waals surface area contributed by atoms with Crippen molar-refractivity contribution in [2.45, 2.75) is 0 Å². The molecule has 0 aromatic heterocycles. The van der Waals surface area contributed by atoms with Crippen molar-refractivity contribution < 1.29 is 0 Å². The van der Waals surface area contributed by atoms with E-state index in [1.165, 1.54) is 17.7 Å². The molecule has 3 heteroatoms. The molecule has 0 atom stereocenters. The lowest BCUT2D eigenvalue weighted by Gasteiger charge is -1.71. The van der Waals surface area contributed by atoms with Crippen molar-refractivity contribution >= 4 is 34.8 Å². The monoisotopic (exact) mass is 156 g/mol. The maximum Gasteiger partial charge on any atom is 0.106 e. The Kier molecular flexibility index (Phi) is 4.73. The van der Waals surface area contributed by atoms with Gasteiger partial charge in [0.25, 0.3) is 0 Å². The third-order valence-corrected chi connectivity index (χ3v) is 0.692. The molecule has 0 unspecified atom stereocenters. The maximum absolute atomic E-state index is 5.17. The summed E-state index contributed by atoms with van der Waals surface area (Å²) < 4.78 is 0.205. The molecule has 0 fully saturated rings. The van der Waals surface area contributed by atoms with Crippen LogP contribution in [-0.2, 0) is 0 Å². The fourth-order valence-corrected chi connectivity index (χ4v) is 0.327. The first-order chi connectivity index (χ1) is 3.27. The minimum Gasteiger partial charge on any atom is -0.0930 e. The average molecular weight is 157 g/mol. The van der Waals surface area contributed by atoms with E-state index in [4.69, 9.17) is 34.8 Å². The number of rotatable bonds is 1. The normalized spacial score (nSPS) is 9.57. The summed E-state index contributed by atoms with van der Waals surface area (Å²) in [4.78, 5) is 0. The second kappa shape index (κ2) is 4.51. The Bertz CT molecular complexity index is 89.1. The van der Waals surface area contributed by atoms with E-state index in [1.807, 2.05) is 0 Å². The first-order valence-electron chi connectivity index (χ1n) is 1.55. The molecule has 0 aliphatic heterocycles. The van der Waals surface area contributed by atoms with Gasteiger partial charge in [0.2, 0.25) is 0 Å². The lowest BCUT2D eigenvalue weighted by atomic mass is 10.6. The van der Waals surface area contributed by atoms with Gasteiger partial charge in [0.15, 0.2) is 0 Å². The smallest absolute Gasteiger partial charge is 0.0930 e. The summed E-state index contributed by atoms with van der Waals surface area (Å²) in [6, 6.07) is 0. The van der Waals surface area contributed by atoms with Gasteiger partial charge in [0, 0.05) is 5.54 Å². The van der Waals surface area contributed by atoms with Crippen LogP contribution in [0, 0.1) is 0 Å². The molecule has 0 nitrogen and oxygen atoms in total. The maximum atomic E-state index is 5.17. The van der Waals surface area contributed by atoms with Gasteiger partial charge in [0.05, 0.1) is 0 Å². The first kappa shape index (κ1) is 7.35. The van der Waals surface area contributed by atoms with E-state index in [-0.39, 0.29) is 4.49 Å². The van der Waals surface area contributed by atoms with Crippen molar-refractivity contribution in [2.75, 3.05) is 0 Å². The average Bonchev–Trinajstić information content (AvgIpc) is 1.61. The highest BCUT2D eigenvalue weighted by Gasteiger charge is 1.72. The molecule has 0 bridgehead atoms. The van der Waals surface area contributed by atoms with Crippen molar-refractivity contribution in [1.29, 1.82) is 0 Å². The third kappa shape index (κ3) is 6.35. The zero-order valence-corrected chi connectivity index (χ0v) is 5.63. The quantitative estimate of drug-likeness (QED) is 0.513. The van der Waals surface area contributed by atoms with E-state index in [1.54, 1.807) is 0 Å². The summed E-state index contributed by atoms with van der Waals surface area (Å²) in [5.74, 6) is 0. The predicted molar refractivity (Wildman–Crippen MR) is 34.8 cm³/mol. The summed E-state index contributed by atoms with van der Waals surface area (Å²) in [7, 11) is 0. The van der Waals surface area contributed by atoms with E-state index in [2.05, 4.69) is 0 Å². The second-order valence-electron chi connectivity index (χ2n) is 0.775. The Morgan fingerprint density at radius 1 is 1.29 bits per heavy atom. The van der Waals surface area contributed by atoms with Crippen LogP contribution in [-0.4, -0.2) is 0 Å². The number of hydrogen-bond donors (Lipinski definition) is 0. The lowest BCUT2D eigenvalue weighted by Crippen LogP contribution is -1.45. The summed E-state index contributed by atoms with van der Waals surface area (Å²) in [5, 5.41) is 0. The van der Waals surface area contributed by atoms with Gasteiger partial charge >= 0.3 is 0 Å². The van der Waals surface area contributed by atoms with Gasteiger partial charge in [0.1, 0.15) is 4.49 Å². The van der Waals surface area contributed by atoms with Gasteiger partial charge in [-0.3, -0.25) is 0 Å². The van der Waals surface area contributed by atoms with Crippen molar-refractivity contribution in [2.24, 2.45) is 0 Å². The molecular weight excluding hydrogens is 154 g/mol. The summed E-state index contributed by atoms with van der Waals surface area (Å²) in [5.41, 5.74) is 1.32. The molecule has 0 spiro atoms. The van der Waals surface area contributed by atoms with Crippen molar-refractivity contribution in [3.8, 4) is 0 Å². The Morgan fingerprint density at radius 2 is 1.86 bits per heavy atom. The van der Waals surface area contributed by atoms with Gasteiger partial charge in [-0.1, -0.05) is 34.8 Å². The van der Waals surface area contributed by atoms with Crippen LogP contribution >= 0.6 is 34.8 Å². The lowest BCUT2D eigenvalue weighted by molar-refractivity contribution is 2.04. The Balaban J connectivity index is 3.46. The summed E-state index contributed by atoms with van der Waals surface area (Å²) >= 11 is 15.4. The van der Waals surface area contributed by atoms with Crippen LogP contribution in [0.1, 0.15) is 0 Å². The Morgan fingerprint density at radius 3 is 2.00 bits per heavy atom. The zero-order chi connectivity index (χ0) is 5.70. The van der Waals surface area contributed by atoms with Crippen LogP contribution in [0.25, 0.3) is 0 Å². The zero-order valence-electron chi connectivity index (χ0n) is 3.37. The van der Waals surface area contributed by atoms with Crippen LogP contribution in [0.4, 0.5) is 0 Å². The standard InChI is InChI=1S/C4H3Cl3/c5-3-1-2-4(6)7/h1-3H/b3-1+. The highest BCUT2D eigenvalue weighted by molar-refractivity contribution is 6.56. The molecule has 0 aliphatic carbocycles. The van der Waals surface area contributed by atoms with Crippen LogP contribution in [0.2, 0.25) is 0 Å². The number of hydrogen-bond acceptors (Lipinski definition) is 0. The van der Waals surface area contributed by atoms with E-state index >= 15 is 0 Å². The van der Waals surface area contributed by atoms with Gasteiger partial charge in [-0.25, -0.2) is 0 Å². The van der Waals surface area contributed by atoms with Crippen LogP contribution in [0.5, 0.6) is 0 Å². The molecule has 0 aromatic rings. The van der Waals surface area contributed by atoms with E-state index < -0.39 is 0 Å². The van der Waals surface area contributed by atoms with E-state index in [9.17, 15) is 0 Å². The van der Waals surface area contributed by atoms with Crippen molar-refractivity contribution in [3.63, 3.8) is 0 Å². The molecule has 0 aliphatic rings. The van der Waals surface area contributed by atoms with Gasteiger partial charge < -0.3 is 0 Å². The van der Waals surface area contributed by atoms with Crippen molar-refractivity contribution in [1.82, 2.24) is 0 Å². The largest absolute Gasteiger partial charge is 0.106 e. The number of halogens is 3. The fraction of sp³-hybridized carbons (Fsp3) is 0. The van der Waals surface area contributed by atoms with Gasteiger partial charge in [-0.2, -0.15) is 0 Å². The molecule has 0 rings (SSSR count). The van der Waals surface area contributed by atoms with Crippen molar-refractivity contribution in [3.05, 3.63) is 22.2 Å². The molecule has 40 valence electrons. The highest BCUT2D eigenvalue weighted by Crippen LogP contribution is 2.05. The van der Waals surface area contributed by atoms with Crippen LogP contribution < -0.4 is 0 Å². The molecule has 7 heavy (non-hydrogen) atoms. The number of allylic oxidation sites excluding steroid dienone is 2. The Hall–Kier alpha value is 0.350. The van der Waals surface area contributed by atoms with E-state index in [0.29, 0.717) is 0 Å². The molecular formula is C4H3Cl3. The fourth-order valence-electron chi connectivity index (χ4n) is 0.109. The predicted octanol–water partition coefficient (Wildman–Crippen LogP) is 3.06. The van der Waals surface area contributed by atoms with Crippen LogP contribution in [0.15, 0.2) is 22.2 Å². The van der Waals surface area contributed by atoms with Crippen LogP contribution in [0.3, 0.4) is 0 Å². The van der Waals surface area contributed by atoms with Gasteiger partial charge in [-0.05, 0) is 12.2 Å². The minimum absolute atomic E-state index is 0.205. The molecule has 0 heterocycles. The molecule has 0 saturated carbocycles. The summed E-state index contributed by atoms with van der Waals surface area (Å²) in [6.07, 6.45) is 3.02. The minimum atomic E-state index is 0.205. The Labute approximate surface area is 57.4 Å². The molecule has 0 saturated heterocycles. The van der Waals surface area contributed by atoms with E-state index in [0.717, 1.165) is 0 Å². The summed E-state index contributed by atoms with van der Waals surface area (Å²) in [6.45, 7) is 0. The molecule has 0 aromatic carbocycles. The highest BCUT2D eigenvalue weighted by atomic mass is 35.5. The van der Waals surface area contributed by atoms with Gasteiger partial charge in [-0.15, -0.1) is 0 Å². The molecule has 0 radical (unpaired) electrons. The topological polar surface area (TPSA) is 0 Å². The molecule has 0 amide bonds. The third-order valence-electron chi connectivity index (χ3n) is 0.295. The SMILES string of the molecule is Cl/C=C/C=C(Cl)Cl. The first-order valence-corrected chi connectivity index (χ1v) is 2.74. The second-order valence-corrected chi connectivity index (χ2v) is 2.03.